The van der Waals surface area contributed by atoms with E-state index < -0.39 is 0 Å². The van der Waals surface area contributed by atoms with Crippen LogP contribution in [0.15, 0.2) is 18.2 Å². The first-order valence-electron chi connectivity index (χ1n) is 7.80. The Morgan fingerprint density at radius 2 is 1.89 bits per heavy atom. The van der Waals surface area contributed by atoms with Crippen molar-refractivity contribution in [3.63, 3.8) is 0 Å². The van der Waals surface area contributed by atoms with Crippen molar-refractivity contribution in [1.82, 2.24) is 5.32 Å². The standard InChI is InChI=1S/C18H29N/c1-14(10-11-19-18(2,3)4)12-15-8-9-16-6-5-7-17(16)13-15/h8-9,13-14,19H,5-7,10-12H2,1-4H3. The zero-order chi connectivity index (χ0) is 13.9. The third kappa shape index (κ3) is 4.65. The molecule has 1 unspecified atom stereocenters. The van der Waals surface area contributed by atoms with Crippen molar-refractivity contribution in [2.75, 3.05) is 6.54 Å². The Morgan fingerprint density at radius 1 is 1.16 bits per heavy atom. The van der Waals surface area contributed by atoms with Crippen LogP contribution in [-0.4, -0.2) is 12.1 Å². The summed E-state index contributed by atoms with van der Waals surface area (Å²) < 4.78 is 0. The van der Waals surface area contributed by atoms with Gasteiger partial charge in [0.05, 0.1) is 0 Å². The number of benzene rings is 1. The smallest absolute Gasteiger partial charge is 0.00965 e. The fourth-order valence-corrected chi connectivity index (χ4v) is 2.95. The monoisotopic (exact) mass is 259 g/mol. The lowest BCUT2D eigenvalue weighted by Crippen LogP contribution is -2.37. The van der Waals surface area contributed by atoms with Crippen LogP contribution in [0.25, 0.3) is 0 Å². The lowest BCUT2D eigenvalue weighted by molar-refractivity contribution is 0.394. The van der Waals surface area contributed by atoms with Gasteiger partial charge in [0.2, 0.25) is 0 Å². The zero-order valence-electron chi connectivity index (χ0n) is 13.1. The van der Waals surface area contributed by atoms with Gasteiger partial charge in [-0.05, 0) is 82.0 Å². The van der Waals surface area contributed by atoms with E-state index in [4.69, 9.17) is 0 Å². The first-order valence-corrected chi connectivity index (χ1v) is 7.80. The number of hydrogen-bond donors (Lipinski definition) is 1. The van der Waals surface area contributed by atoms with E-state index in [1.54, 1.807) is 11.1 Å². The van der Waals surface area contributed by atoms with E-state index in [1.165, 1.54) is 37.7 Å². The first kappa shape index (κ1) is 14.6. The topological polar surface area (TPSA) is 12.0 Å². The van der Waals surface area contributed by atoms with Crippen LogP contribution >= 0.6 is 0 Å². The number of nitrogens with one attached hydrogen (secondary N) is 1. The Morgan fingerprint density at radius 3 is 2.63 bits per heavy atom. The molecule has 0 heterocycles. The van der Waals surface area contributed by atoms with Crippen LogP contribution in [0, 0.1) is 5.92 Å². The predicted octanol–water partition coefficient (Wildman–Crippen LogP) is 4.13. The molecule has 0 saturated heterocycles. The van der Waals surface area contributed by atoms with Gasteiger partial charge in [-0.1, -0.05) is 25.1 Å². The third-order valence-electron chi connectivity index (χ3n) is 4.04. The van der Waals surface area contributed by atoms with E-state index in [1.807, 2.05) is 0 Å². The van der Waals surface area contributed by atoms with Crippen molar-refractivity contribution in [3.05, 3.63) is 34.9 Å². The molecule has 1 atom stereocenters. The second-order valence-corrected chi connectivity index (χ2v) is 7.23. The minimum atomic E-state index is 0.243. The number of rotatable bonds is 5. The Balaban J connectivity index is 1.80. The molecule has 1 N–H and O–H groups in total. The normalized spacial score (nSPS) is 16.4. The van der Waals surface area contributed by atoms with Gasteiger partial charge in [0.1, 0.15) is 0 Å². The highest BCUT2D eigenvalue weighted by molar-refractivity contribution is 5.35. The van der Waals surface area contributed by atoms with E-state index in [2.05, 4.69) is 51.2 Å². The molecule has 1 aliphatic rings. The van der Waals surface area contributed by atoms with E-state index in [9.17, 15) is 0 Å². The predicted molar refractivity (Wildman–Crippen MR) is 83.7 cm³/mol. The zero-order valence-corrected chi connectivity index (χ0v) is 13.1. The van der Waals surface area contributed by atoms with Gasteiger partial charge in [-0.25, -0.2) is 0 Å². The molecule has 0 bridgehead atoms. The molecule has 1 aromatic rings. The Labute approximate surface area is 118 Å². The van der Waals surface area contributed by atoms with E-state index in [0.717, 1.165) is 12.5 Å². The Bertz CT molecular complexity index is 414. The molecule has 1 aromatic carbocycles. The second kappa shape index (κ2) is 6.09. The molecule has 0 amide bonds. The Kier molecular flexibility index (Phi) is 4.67. The van der Waals surface area contributed by atoms with Crippen LogP contribution in [0.3, 0.4) is 0 Å². The Hall–Kier alpha value is -0.820. The van der Waals surface area contributed by atoms with Crippen molar-refractivity contribution in [3.8, 4) is 0 Å². The third-order valence-corrected chi connectivity index (χ3v) is 4.04. The van der Waals surface area contributed by atoms with Crippen molar-refractivity contribution in [2.24, 2.45) is 5.92 Å². The highest BCUT2D eigenvalue weighted by atomic mass is 14.9. The van der Waals surface area contributed by atoms with Gasteiger partial charge >= 0.3 is 0 Å². The van der Waals surface area contributed by atoms with E-state index >= 15 is 0 Å². The van der Waals surface area contributed by atoms with Crippen LogP contribution in [0.4, 0.5) is 0 Å². The molecule has 0 saturated carbocycles. The van der Waals surface area contributed by atoms with Crippen molar-refractivity contribution in [1.29, 1.82) is 0 Å². The summed E-state index contributed by atoms with van der Waals surface area (Å²) in [4.78, 5) is 0. The molecule has 0 aromatic heterocycles. The van der Waals surface area contributed by atoms with Crippen LogP contribution in [0.1, 0.15) is 57.2 Å². The van der Waals surface area contributed by atoms with Crippen LogP contribution < -0.4 is 5.32 Å². The summed E-state index contributed by atoms with van der Waals surface area (Å²) in [5.41, 5.74) is 4.97. The maximum absolute atomic E-state index is 3.58. The summed E-state index contributed by atoms with van der Waals surface area (Å²) in [5, 5.41) is 3.58. The van der Waals surface area contributed by atoms with Gasteiger partial charge in [-0.2, -0.15) is 0 Å². The minimum Gasteiger partial charge on any atom is -0.312 e. The highest BCUT2D eigenvalue weighted by Crippen LogP contribution is 2.24. The maximum atomic E-state index is 3.58. The fourth-order valence-electron chi connectivity index (χ4n) is 2.95. The molecule has 1 heteroatoms. The minimum absolute atomic E-state index is 0.243. The van der Waals surface area contributed by atoms with Gasteiger partial charge in [-0.3, -0.25) is 0 Å². The summed E-state index contributed by atoms with van der Waals surface area (Å²) in [6.07, 6.45) is 6.42. The van der Waals surface area contributed by atoms with Gasteiger partial charge in [0.15, 0.2) is 0 Å². The van der Waals surface area contributed by atoms with Crippen LogP contribution in [0.2, 0.25) is 0 Å². The SMILES string of the molecule is CC(CCNC(C)(C)C)Cc1ccc2c(c1)CCC2. The molecule has 1 nitrogen and oxygen atoms in total. The van der Waals surface area contributed by atoms with Crippen molar-refractivity contribution in [2.45, 2.75) is 65.3 Å². The summed E-state index contributed by atoms with van der Waals surface area (Å²) in [6, 6.07) is 7.16. The molecular weight excluding hydrogens is 230 g/mol. The molecule has 0 aliphatic heterocycles. The summed E-state index contributed by atoms with van der Waals surface area (Å²) in [6.45, 7) is 10.2. The average Bonchev–Trinajstić information content (AvgIpc) is 2.74. The van der Waals surface area contributed by atoms with Gasteiger partial charge < -0.3 is 5.32 Å². The first-order chi connectivity index (χ1) is 8.94. The molecule has 0 spiro atoms. The number of aryl methyl sites for hydroxylation is 2. The summed E-state index contributed by atoms with van der Waals surface area (Å²) in [5.74, 6) is 0.759. The number of fused-ring (bicyclic) bond motifs is 1. The van der Waals surface area contributed by atoms with E-state index in [0.29, 0.717) is 0 Å². The molecular formula is C18H29N. The van der Waals surface area contributed by atoms with Gasteiger partial charge in [0, 0.05) is 5.54 Å². The molecule has 2 rings (SSSR count). The maximum Gasteiger partial charge on any atom is 0.00965 e. The fraction of sp³-hybridized carbons (Fsp3) is 0.667. The van der Waals surface area contributed by atoms with Crippen molar-refractivity contribution < 1.29 is 0 Å². The van der Waals surface area contributed by atoms with Gasteiger partial charge in [0.25, 0.3) is 0 Å². The molecule has 19 heavy (non-hydrogen) atoms. The lowest BCUT2D eigenvalue weighted by Gasteiger charge is -2.22. The second-order valence-electron chi connectivity index (χ2n) is 7.23. The van der Waals surface area contributed by atoms with Crippen LogP contribution in [-0.2, 0) is 19.3 Å². The molecule has 0 radical (unpaired) electrons. The molecule has 0 fully saturated rings. The van der Waals surface area contributed by atoms with Gasteiger partial charge in [-0.15, -0.1) is 0 Å². The van der Waals surface area contributed by atoms with Crippen LogP contribution in [0.5, 0.6) is 0 Å². The quantitative estimate of drug-likeness (QED) is 0.838. The highest BCUT2D eigenvalue weighted by Gasteiger charge is 2.13. The summed E-state index contributed by atoms with van der Waals surface area (Å²) in [7, 11) is 0. The lowest BCUT2D eigenvalue weighted by atomic mass is 9.95. The average molecular weight is 259 g/mol. The molecule has 1 aliphatic carbocycles. The van der Waals surface area contributed by atoms with Crippen molar-refractivity contribution >= 4 is 0 Å². The van der Waals surface area contributed by atoms with E-state index in [-0.39, 0.29) is 5.54 Å². The summed E-state index contributed by atoms with van der Waals surface area (Å²) >= 11 is 0. The largest absolute Gasteiger partial charge is 0.312 e. The molecule has 106 valence electrons. The number of hydrogen-bond acceptors (Lipinski definition) is 1.